The highest BCUT2D eigenvalue weighted by Crippen LogP contribution is 2.18. The fraction of sp³-hybridized carbons (Fsp3) is 0.333. The summed E-state index contributed by atoms with van der Waals surface area (Å²) in [5, 5.41) is 0. The van der Waals surface area contributed by atoms with Gasteiger partial charge in [0.1, 0.15) is 0 Å². The van der Waals surface area contributed by atoms with Crippen LogP contribution in [0, 0.1) is 0 Å². The van der Waals surface area contributed by atoms with E-state index in [9.17, 15) is 0 Å². The zero-order valence-corrected chi connectivity index (χ0v) is 9.31. The zero-order chi connectivity index (χ0) is 8.27. The summed E-state index contributed by atoms with van der Waals surface area (Å²) >= 11 is 3.45. The maximum absolute atomic E-state index is 5.89. The molecule has 2 N–H and O–H groups in total. The lowest BCUT2D eigenvalue weighted by atomic mass is 10.1. The second-order valence-electron chi connectivity index (χ2n) is 2.61. The fourth-order valence-electron chi connectivity index (χ4n) is 0.940. The van der Waals surface area contributed by atoms with Crippen LogP contribution in [0.15, 0.2) is 30.3 Å². The molecular weight excluding hydrogens is 237 g/mol. The monoisotopic (exact) mass is 249 g/mol. The van der Waals surface area contributed by atoms with Gasteiger partial charge in [-0.1, -0.05) is 53.2 Å². The van der Waals surface area contributed by atoms with Crippen LogP contribution in [0.2, 0.25) is 0 Å². The van der Waals surface area contributed by atoms with Crippen LogP contribution >= 0.6 is 28.3 Å². The maximum atomic E-state index is 5.89. The summed E-state index contributed by atoms with van der Waals surface area (Å²) < 4.78 is 0. The Kier molecular flexibility index (Phi) is 5.55. The summed E-state index contributed by atoms with van der Waals surface area (Å²) in [6.07, 6.45) is 0. The third-order valence-corrected chi connectivity index (χ3v) is 2.25. The number of nitrogens with two attached hydrogens (primary N) is 1. The first-order valence-electron chi connectivity index (χ1n) is 3.66. The number of benzene rings is 1. The number of hydrogen-bond acceptors (Lipinski definition) is 1. The third kappa shape index (κ3) is 3.13. The van der Waals surface area contributed by atoms with Crippen molar-refractivity contribution in [3.63, 3.8) is 0 Å². The fourth-order valence-corrected chi connectivity index (χ4v) is 1.25. The lowest BCUT2D eigenvalue weighted by molar-refractivity contribution is 0.725. The Hall–Kier alpha value is -0.0500. The average Bonchev–Trinajstić information content (AvgIpc) is 2.05. The maximum Gasteiger partial charge on any atom is 0.0419 e. The molecule has 0 saturated carbocycles. The number of halogens is 2. The van der Waals surface area contributed by atoms with Gasteiger partial charge >= 0.3 is 0 Å². The Morgan fingerprint density at radius 2 is 1.75 bits per heavy atom. The smallest absolute Gasteiger partial charge is 0.0419 e. The predicted octanol–water partition coefficient (Wildman–Crippen LogP) is 2.89. The molecule has 12 heavy (non-hydrogen) atoms. The molecule has 0 aliphatic heterocycles. The SMILES string of the molecule is C[C@@H](Br)[C@@H](N)c1ccccc1.Cl. The van der Waals surface area contributed by atoms with Crippen molar-refractivity contribution in [2.45, 2.75) is 17.8 Å². The topological polar surface area (TPSA) is 26.0 Å². The van der Waals surface area contributed by atoms with Gasteiger partial charge in [0.25, 0.3) is 0 Å². The summed E-state index contributed by atoms with van der Waals surface area (Å²) in [4.78, 5) is 0.324. The lowest BCUT2D eigenvalue weighted by Gasteiger charge is -2.13. The molecule has 1 aromatic carbocycles. The van der Waals surface area contributed by atoms with Gasteiger partial charge in [0.2, 0.25) is 0 Å². The van der Waals surface area contributed by atoms with Crippen LogP contribution in [0.3, 0.4) is 0 Å². The van der Waals surface area contributed by atoms with Gasteiger partial charge in [-0.05, 0) is 5.56 Å². The summed E-state index contributed by atoms with van der Waals surface area (Å²) in [6, 6.07) is 10.2. The predicted molar refractivity (Wildman–Crippen MR) is 59.0 cm³/mol. The van der Waals surface area contributed by atoms with Crippen LogP contribution in [-0.4, -0.2) is 4.83 Å². The quantitative estimate of drug-likeness (QED) is 0.803. The molecule has 0 bridgehead atoms. The molecule has 68 valence electrons. The molecule has 1 rings (SSSR count). The molecule has 0 heterocycles. The lowest BCUT2D eigenvalue weighted by Crippen LogP contribution is -2.18. The van der Waals surface area contributed by atoms with Gasteiger partial charge < -0.3 is 5.73 Å². The van der Waals surface area contributed by atoms with Crippen molar-refractivity contribution >= 4 is 28.3 Å². The van der Waals surface area contributed by atoms with E-state index in [-0.39, 0.29) is 18.4 Å². The minimum Gasteiger partial charge on any atom is -0.323 e. The van der Waals surface area contributed by atoms with Crippen molar-refractivity contribution in [1.29, 1.82) is 0 Å². The van der Waals surface area contributed by atoms with Gasteiger partial charge in [-0.25, -0.2) is 0 Å². The second-order valence-corrected chi connectivity index (χ2v) is 4.06. The molecule has 1 aromatic rings. The van der Waals surface area contributed by atoms with Crippen molar-refractivity contribution in [1.82, 2.24) is 0 Å². The van der Waals surface area contributed by atoms with Crippen LogP contribution in [0.5, 0.6) is 0 Å². The molecule has 0 radical (unpaired) electrons. The Morgan fingerprint density at radius 1 is 1.25 bits per heavy atom. The van der Waals surface area contributed by atoms with Crippen molar-refractivity contribution in [3.05, 3.63) is 35.9 Å². The molecular formula is C9H13BrClN. The van der Waals surface area contributed by atoms with Crippen molar-refractivity contribution in [2.75, 3.05) is 0 Å². The molecule has 0 spiro atoms. The molecule has 2 atom stereocenters. The first-order chi connectivity index (χ1) is 5.22. The Labute approximate surface area is 87.9 Å². The van der Waals surface area contributed by atoms with Gasteiger partial charge in [-0.3, -0.25) is 0 Å². The highest BCUT2D eigenvalue weighted by Gasteiger charge is 2.09. The molecule has 1 nitrogen and oxygen atoms in total. The molecule has 0 amide bonds. The van der Waals surface area contributed by atoms with E-state index in [1.807, 2.05) is 30.3 Å². The van der Waals surface area contributed by atoms with Gasteiger partial charge in [0.05, 0.1) is 0 Å². The summed E-state index contributed by atoms with van der Waals surface area (Å²) in [7, 11) is 0. The summed E-state index contributed by atoms with van der Waals surface area (Å²) in [5.41, 5.74) is 7.07. The Balaban J connectivity index is 0.00000121. The summed E-state index contributed by atoms with van der Waals surface area (Å²) in [5.74, 6) is 0. The highest BCUT2D eigenvalue weighted by molar-refractivity contribution is 9.09. The van der Waals surface area contributed by atoms with Crippen LogP contribution in [0.4, 0.5) is 0 Å². The number of alkyl halides is 1. The van der Waals surface area contributed by atoms with Gasteiger partial charge in [-0.15, -0.1) is 12.4 Å². The van der Waals surface area contributed by atoms with E-state index in [2.05, 4.69) is 22.9 Å². The van der Waals surface area contributed by atoms with Gasteiger partial charge in [0, 0.05) is 10.9 Å². The largest absolute Gasteiger partial charge is 0.323 e. The van der Waals surface area contributed by atoms with E-state index in [4.69, 9.17) is 5.73 Å². The minimum absolute atomic E-state index is 0. The van der Waals surface area contributed by atoms with Crippen LogP contribution < -0.4 is 5.73 Å². The van der Waals surface area contributed by atoms with E-state index in [0.29, 0.717) is 4.83 Å². The van der Waals surface area contributed by atoms with E-state index in [0.717, 1.165) is 0 Å². The summed E-state index contributed by atoms with van der Waals surface area (Å²) in [6.45, 7) is 2.05. The molecule has 3 heteroatoms. The zero-order valence-electron chi connectivity index (χ0n) is 6.91. The van der Waals surface area contributed by atoms with E-state index in [1.54, 1.807) is 0 Å². The molecule has 0 unspecified atom stereocenters. The Bertz CT molecular complexity index is 213. The third-order valence-electron chi connectivity index (χ3n) is 1.68. The highest BCUT2D eigenvalue weighted by atomic mass is 79.9. The first-order valence-corrected chi connectivity index (χ1v) is 4.58. The molecule has 0 aliphatic carbocycles. The van der Waals surface area contributed by atoms with E-state index in [1.165, 1.54) is 5.56 Å². The van der Waals surface area contributed by atoms with Crippen molar-refractivity contribution < 1.29 is 0 Å². The molecule has 0 aliphatic rings. The standard InChI is InChI=1S/C9H12BrN.ClH/c1-7(10)9(11)8-5-3-2-4-6-8;/h2-7,9H,11H2,1H3;1H/t7-,9-;/m1./s1. The van der Waals surface area contributed by atoms with Crippen LogP contribution in [0.1, 0.15) is 18.5 Å². The molecule has 0 fully saturated rings. The Morgan fingerprint density at radius 3 is 2.17 bits per heavy atom. The molecule has 0 saturated heterocycles. The minimum atomic E-state index is 0. The molecule has 0 aromatic heterocycles. The number of rotatable bonds is 2. The second kappa shape index (κ2) is 5.57. The van der Waals surface area contributed by atoms with Gasteiger partial charge in [-0.2, -0.15) is 0 Å². The first kappa shape index (κ1) is 11.9. The van der Waals surface area contributed by atoms with Crippen LogP contribution in [-0.2, 0) is 0 Å². The van der Waals surface area contributed by atoms with Crippen molar-refractivity contribution in [3.8, 4) is 0 Å². The van der Waals surface area contributed by atoms with Gasteiger partial charge in [0.15, 0.2) is 0 Å². The normalized spacial score (nSPS) is 14.6. The average molecular weight is 251 g/mol. The van der Waals surface area contributed by atoms with Crippen molar-refractivity contribution in [2.24, 2.45) is 5.73 Å². The van der Waals surface area contributed by atoms with Crippen LogP contribution in [0.25, 0.3) is 0 Å². The van der Waals surface area contributed by atoms with E-state index < -0.39 is 0 Å². The number of hydrogen-bond donors (Lipinski definition) is 1. The van der Waals surface area contributed by atoms with E-state index >= 15 is 0 Å².